The molecule has 0 aromatic carbocycles. The van der Waals surface area contributed by atoms with Crippen LogP contribution in [-0.2, 0) is 10.9 Å². The molecule has 1 nitrogen and oxygen atoms in total. The van der Waals surface area contributed by atoms with E-state index in [9.17, 15) is 0 Å². The maximum atomic E-state index is 7.00. The van der Waals surface area contributed by atoms with Crippen molar-refractivity contribution in [2.24, 2.45) is 5.92 Å². The van der Waals surface area contributed by atoms with E-state index in [0.29, 0.717) is 10.9 Å². The van der Waals surface area contributed by atoms with Crippen LogP contribution in [0, 0.1) is 5.92 Å². The first kappa shape index (κ1) is 16.7. The molecule has 0 radical (unpaired) electrons. The minimum Gasteiger partial charge on any atom is -0.400 e. The Morgan fingerprint density at radius 3 is 0.900 bits per heavy atom. The van der Waals surface area contributed by atoms with Crippen LogP contribution in [0.4, 0.5) is 0 Å². The van der Waals surface area contributed by atoms with Crippen LogP contribution in [-0.4, -0.2) is 31.0 Å². The summed E-state index contributed by atoms with van der Waals surface area (Å²) in [6.45, 7) is 6.50. The fourth-order valence-corrected chi connectivity index (χ4v) is 0. The third kappa shape index (κ3) is 4620. The molecule has 0 spiro atoms. The molecule has 66 valence electrons. The molecule has 0 atom stereocenters. The zero-order valence-corrected chi connectivity index (χ0v) is 9.25. The molecule has 0 fully saturated rings. The summed E-state index contributed by atoms with van der Waals surface area (Å²) < 4.78 is 0. The fourth-order valence-electron chi connectivity index (χ4n) is 0. The zero-order chi connectivity index (χ0) is 9.15. The van der Waals surface area contributed by atoms with Crippen LogP contribution in [0.2, 0.25) is 0 Å². The standard InChI is InChI=1S/C4H10.C3H9S.CH4O/c2*1-4(2)3;1-2/h4H,1-3H3;1-3H3;2H,1H3/q;+1;. The van der Waals surface area contributed by atoms with E-state index in [1.54, 1.807) is 0 Å². The summed E-state index contributed by atoms with van der Waals surface area (Å²) in [6.07, 6.45) is 6.58. The molecule has 2 heteroatoms. The third-order valence-corrected chi connectivity index (χ3v) is 0. The molecule has 0 bridgehead atoms. The Labute approximate surface area is 69.2 Å². The van der Waals surface area contributed by atoms with E-state index in [1.165, 1.54) is 0 Å². The van der Waals surface area contributed by atoms with Gasteiger partial charge in [-0.25, -0.2) is 0 Å². The van der Waals surface area contributed by atoms with Crippen molar-refractivity contribution in [2.45, 2.75) is 20.8 Å². The predicted molar refractivity (Wildman–Crippen MR) is 53.8 cm³/mol. The number of aliphatic hydroxyl groups excluding tert-OH is 1. The van der Waals surface area contributed by atoms with Crippen molar-refractivity contribution in [3.8, 4) is 0 Å². The van der Waals surface area contributed by atoms with Gasteiger partial charge in [-0.1, -0.05) is 20.8 Å². The van der Waals surface area contributed by atoms with Crippen LogP contribution < -0.4 is 0 Å². The van der Waals surface area contributed by atoms with E-state index < -0.39 is 0 Å². The van der Waals surface area contributed by atoms with Crippen LogP contribution in [0.1, 0.15) is 20.8 Å². The second-order valence-electron chi connectivity index (χ2n) is 2.96. The van der Waals surface area contributed by atoms with Gasteiger partial charge in [0.2, 0.25) is 0 Å². The summed E-state index contributed by atoms with van der Waals surface area (Å²) in [5.74, 6) is 0.833. The number of aliphatic hydroxyl groups is 1. The molecule has 0 unspecified atom stereocenters. The van der Waals surface area contributed by atoms with E-state index in [4.69, 9.17) is 5.11 Å². The topological polar surface area (TPSA) is 20.2 Å². The Bertz CT molecular complexity index is 24.7. The van der Waals surface area contributed by atoms with Crippen LogP contribution in [0.25, 0.3) is 0 Å². The Hall–Kier alpha value is 0.310. The van der Waals surface area contributed by atoms with E-state index >= 15 is 0 Å². The average Bonchev–Trinajstić information content (AvgIpc) is 1.66. The van der Waals surface area contributed by atoms with Crippen LogP contribution in [0.15, 0.2) is 0 Å². The van der Waals surface area contributed by atoms with Crippen LogP contribution in [0.3, 0.4) is 0 Å². The third-order valence-electron chi connectivity index (χ3n) is 0. The average molecular weight is 167 g/mol. The Kier molecular flexibility index (Phi) is 27.0. The summed E-state index contributed by atoms with van der Waals surface area (Å²) in [6, 6.07) is 0. The summed E-state index contributed by atoms with van der Waals surface area (Å²) in [5, 5.41) is 7.00. The van der Waals surface area contributed by atoms with Gasteiger partial charge in [0, 0.05) is 7.11 Å². The Morgan fingerprint density at radius 1 is 0.900 bits per heavy atom. The van der Waals surface area contributed by atoms with Crippen molar-refractivity contribution in [3.63, 3.8) is 0 Å². The molecular formula is C8H23OS+. The Morgan fingerprint density at radius 2 is 0.900 bits per heavy atom. The lowest BCUT2D eigenvalue weighted by atomic mass is 10.3. The van der Waals surface area contributed by atoms with E-state index in [2.05, 4.69) is 39.5 Å². The van der Waals surface area contributed by atoms with Gasteiger partial charge in [-0.15, -0.1) is 0 Å². The zero-order valence-electron chi connectivity index (χ0n) is 8.43. The molecule has 10 heavy (non-hydrogen) atoms. The summed E-state index contributed by atoms with van der Waals surface area (Å²) in [5.41, 5.74) is 0. The van der Waals surface area contributed by atoms with Gasteiger partial charge in [0.15, 0.2) is 0 Å². The number of hydrogen-bond acceptors (Lipinski definition) is 1. The first-order valence-electron chi connectivity index (χ1n) is 3.40. The van der Waals surface area contributed by atoms with Crippen molar-refractivity contribution >= 4 is 10.9 Å². The SMILES string of the molecule is CC(C)C.CO.C[S+](C)C. The highest BCUT2D eigenvalue weighted by Gasteiger charge is 1.77. The van der Waals surface area contributed by atoms with E-state index in [1.807, 2.05) is 0 Å². The predicted octanol–water partition coefficient (Wildman–Crippen LogP) is 1.76. The molecule has 0 rings (SSSR count). The van der Waals surface area contributed by atoms with Gasteiger partial charge < -0.3 is 5.11 Å². The van der Waals surface area contributed by atoms with Gasteiger partial charge in [0.05, 0.1) is 18.8 Å². The second-order valence-corrected chi connectivity index (χ2v) is 5.41. The first-order valence-corrected chi connectivity index (χ1v) is 5.85. The molecule has 0 heterocycles. The fraction of sp³-hybridized carbons (Fsp3) is 1.00. The van der Waals surface area contributed by atoms with Gasteiger partial charge in [-0.2, -0.15) is 0 Å². The lowest BCUT2D eigenvalue weighted by molar-refractivity contribution is 0.399. The van der Waals surface area contributed by atoms with Crippen molar-refractivity contribution in [2.75, 3.05) is 25.9 Å². The largest absolute Gasteiger partial charge is 0.400 e. The van der Waals surface area contributed by atoms with Crippen LogP contribution in [0.5, 0.6) is 0 Å². The quantitative estimate of drug-likeness (QED) is 0.545. The van der Waals surface area contributed by atoms with Crippen molar-refractivity contribution < 1.29 is 5.11 Å². The molecule has 0 saturated carbocycles. The highest BCUT2D eigenvalue weighted by molar-refractivity contribution is 7.94. The van der Waals surface area contributed by atoms with Gasteiger partial charge in [0.25, 0.3) is 0 Å². The lowest BCUT2D eigenvalue weighted by Crippen LogP contribution is -1.84. The van der Waals surface area contributed by atoms with Gasteiger partial charge in [-0.05, 0) is 16.8 Å². The highest BCUT2D eigenvalue weighted by atomic mass is 32.2. The normalized spacial score (nSPS) is 7.80. The molecule has 0 amide bonds. The van der Waals surface area contributed by atoms with Crippen molar-refractivity contribution in [1.29, 1.82) is 0 Å². The number of rotatable bonds is 0. The molecule has 0 aliphatic rings. The van der Waals surface area contributed by atoms with Crippen molar-refractivity contribution in [3.05, 3.63) is 0 Å². The molecular weight excluding hydrogens is 144 g/mol. The maximum Gasteiger partial charge on any atom is 0.0969 e. The monoisotopic (exact) mass is 167 g/mol. The van der Waals surface area contributed by atoms with E-state index in [-0.39, 0.29) is 0 Å². The summed E-state index contributed by atoms with van der Waals surface area (Å²) in [7, 11) is 1.64. The smallest absolute Gasteiger partial charge is 0.0969 e. The summed E-state index contributed by atoms with van der Waals surface area (Å²) in [4.78, 5) is 0. The first-order chi connectivity index (χ1) is 4.46. The second kappa shape index (κ2) is 16.1. The van der Waals surface area contributed by atoms with E-state index in [0.717, 1.165) is 13.0 Å². The lowest BCUT2D eigenvalue weighted by Gasteiger charge is -1.79. The maximum absolute atomic E-state index is 7.00. The minimum absolute atomic E-state index is 0.639. The molecule has 0 saturated heterocycles. The Balaban J connectivity index is -0.0000000787. The van der Waals surface area contributed by atoms with Crippen LogP contribution >= 0.6 is 0 Å². The minimum atomic E-state index is 0.639. The molecule has 0 aliphatic heterocycles. The highest BCUT2D eigenvalue weighted by Crippen LogP contribution is 1.81. The summed E-state index contributed by atoms with van der Waals surface area (Å²) >= 11 is 0. The molecule has 0 aromatic rings. The van der Waals surface area contributed by atoms with Gasteiger partial charge >= 0.3 is 0 Å². The van der Waals surface area contributed by atoms with Gasteiger partial charge in [0.1, 0.15) is 0 Å². The van der Waals surface area contributed by atoms with Crippen molar-refractivity contribution in [1.82, 2.24) is 0 Å². The molecule has 0 aromatic heterocycles. The molecule has 0 aliphatic carbocycles. The molecule has 1 N–H and O–H groups in total. The van der Waals surface area contributed by atoms with Gasteiger partial charge in [-0.3, -0.25) is 0 Å². The number of hydrogen-bond donors (Lipinski definition) is 1.